The molecule has 0 aliphatic carbocycles. The summed E-state index contributed by atoms with van der Waals surface area (Å²) in [6.07, 6.45) is 0.499. The van der Waals surface area contributed by atoms with Gasteiger partial charge in [-0.2, -0.15) is 5.10 Å². The Balaban J connectivity index is 1.49. The Morgan fingerprint density at radius 3 is 2.49 bits per heavy atom. The second-order valence-corrected chi connectivity index (χ2v) is 11.1. The number of fused-ring (bicyclic) bond motifs is 1. The number of nitro benzene ring substituents is 1. The fraction of sp³-hybridized carbons (Fsp3) is 0.241. The Labute approximate surface area is 238 Å². The summed E-state index contributed by atoms with van der Waals surface area (Å²) in [4.78, 5) is 49.0. The molecule has 1 unspecified atom stereocenters. The number of aromatic nitrogens is 3. The number of carbonyl (C=O) groups excluding carboxylic acids is 1. The first-order chi connectivity index (χ1) is 19.4. The standard InChI is InChI=1S/C29H26ClN5O6/c1-29(2,3)41-28(38)31-23-10-6-18(30)14-21(23)17-12-20-9-11-25(34(20)26(36)13-17)24-15-22(27(37)33-32-24)16-4-7-19(8-5-16)35(39)40/h4-8,10,12-15,25H,9,11H2,1-3H3,(H,31,38)(H,33,37). The van der Waals surface area contributed by atoms with Gasteiger partial charge in [0.1, 0.15) is 5.60 Å². The molecule has 1 amide bonds. The fourth-order valence-electron chi connectivity index (χ4n) is 4.88. The molecule has 1 aliphatic rings. The number of hydrogen-bond donors (Lipinski definition) is 2. The van der Waals surface area contributed by atoms with Gasteiger partial charge in [0, 0.05) is 34.5 Å². The van der Waals surface area contributed by atoms with Crippen LogP contribution in [0.4, 0.5) is 16.2 Å². The van der Waals surface area contributed by atoms with Crippen molar-refractivity contribution < 1.29 is 14.5 Å². The van der Waals surface area contributed by atoms with Crippen LogP contribution in [0.1, 0.15) is 44.6 Å². The third-order valence-corrected chi connectivity index (χ3v) is 6.85. The fourth-order valence-corrected chi connectivity index (χ4v) is 5.05. The van der Waals surface area contributed by atoms with Gasteiger partial charge >= 0.3 is 6.09 Å². The molecule has 0 saturated heterocycles. The van der Waals surface area contributed by atoms with Gasteiger partial charge in [-0.1, -0.05) is 11.6 Å². The number of rotatable bonds is 5. The molecule has 1 aliphatic heterocycles. The van der Waals surface area contributed by atoms with Crippen LogP contribution in [0, 0.1) is 10.1 Å². The van der Waals surface area contributed by atoms with E-state index in [1.165, 1.54) is 30.3 Å². The maximum atomic E-state index is 13.5. The first-order valence-corrected chi connectivity index (χ1v) is 13.2. The first kappa shape index (κ1) is 27.8. The van der Waals surface area contributed by atoms with Crippen molar-refractivity contribution in [3.63, 3.8) is 0 Å². The molecule has 3 heterocycles. The Morgan fingerprint density at radius 2 is 1.80 bits per heavy atom. The molecule has 41 heavy (non-hydrogen) atoms. The molecular formula is C29H26ClN5O6. The lowest BCUT2D eigenvalue weighted by atomic mass is 10.0. The number of nitrogens with one attached hydrogen (secondary N) is 2. The number of carbonyl (C=O) groups is 1. The number of anilines is 1. The quantitative estimate of drug-likeness (QED) is 0.228. The molecule has 0 radical (unpaired) electrons. The lowest BCUT2D eigenvalue weighted by molar-refractivity contribution is -0.384. The minimum absolute atomic E-state index is 0.0873. The summed E-state index contributed by atoms with van der Waals surface area (Å²) in [6, 6.07) is 15.1. The number of ether oxygens (including phenoxy) is 1. The third kappa shape index (κ3) is 5.90. The monoisotopic (exact) mass is 575 g/mol. The van der Waals surface area contributed by atoms with E-state index in [4.69, 9.17) is 16.3 Å². The maximum Gasteiger partial charge on any atom is 0.412 e. The molecule has 2 aromatic heterocycles. The van der Waals surface area contributed by atoms with Crippen molar-refractivity contribution in [1.82, 2.24) is 14.8 Å². The van der Waals surface area contributed by atoms with Crippen LogP contribution < -0.4 is 16.4 Å². The topological polar surface area (TPSA) is 149 Å². The smallest absolute Gasteiger partial charge is 0.412 e. The summed E-state index contributed by atoms with van der Waals surface area (Å²) in [5.41, 5.74) is 2.10. The molecule has 2 aromatic carbocycles. The molecule has 0 spiro atoms. The minimum atomic E-state index is -0.688. The Kier molecular flexibility index (Phi) is 7.22. The number of non-ortho nitro benzene ring substituents is 1. The molecule has 210 valence electrons. The number of halogens is 1. The van der Waals surface area contributed by atoms with Crippen LogP contribution in [-0.4, -0.2) is 31.4 Å². The highest BCUT2D eigenvalue weighted by Crippen LogP contribution is 2.35. The second kappa shape index (κ2) is 10.7. The van der Waals surface area contributed by atoms with Gasteiger partial charge in [0.15, 0.2) is 0 Å². The molecular weight excluding hydrogens is 550 g/mol. The second-order valence-electron chi connectivity index (χ2n) is 10.7. The molecule has 4 aromatic rings. The van der Waals surface area contributed by atoms with Gasteiger partial charge in [0.2, 0.25) is 0 Å². The highest BCUT2D eigenvalue weighted by molar-refractivity contribution is 6.31. The van der Waals surface area contributed by atoms with Gasteiger partial charge in [0.25, 0.3) is 16.8 Å². The number of nitro groups is 1. The Hall–Kier alpha value is -4.77. The van der Waals surface area contributed by atoms with Crippen molar-refractivity contribution in [2.75, 3.05) is 5.32 Å². The summed E-state index contributed by atoms with van der Waals surface area (Å²) >= 11 is 6.27. The predicted molar refractivity (Wildman–Crippen MR) is 154 cm³/mol. The van der Waals surface area contributed by atoms with E-state index in [9.17, 15) is 24.5 Å². The zero-order valence-electron chi connectivity index (χ0n) is 22.4. The molecule has 2 N–H and O–H groups in total. The predicted octanol–water partition coefficient (Wildman–Crippen LogP) is 5.71. The van der Waals surface area contributed by atoms with Crippen molar-refractivity contribution in [3.8, 4) is 22.3 Å². The van der Waals surface area contributed by atoms with Crippen LogP contribution in [-0.2, 0) is 11.2 Å². The normalized spacial score (nSPS) is 14.4. The van der Waals surface area contributed by atoms with Crippen molar-refractivity contribution >= 4 is 29.1 Å². The van der Waals surface area contributed by atoms with E-state index < -0.39 is 28.2 Å². The minimum Gasteiger partial charge on any atom is -0.444 e. The van der Waals surface area contributed by atoms with Gasteiger partial charge in [0.05, 0.1) is 27.9 Å². The van der Waals surface area contributed by atoms with E-state index in [0.717, 1.165) is 5.69 Å². The summed E-state index contributed by atoms with van der Waals surface area (Å²) in [5, 5.41) is 20.9. The average Bonchev–Trinajstić information content (AvgIpc) is 3.34. The summed E-state index contributed by atoms with van der Waals surface area (Å²) in [7, 11) is 0. The zero-order valence-corrected chi connectivity index (χ0v) is 23.2. The van der Waals surface area contributed by atoms with E-state index in [2.05, 4.69) is 15.5 Å². The molecule has 5 rings (SSSR count). The van der Waals surface area contributed by atoms with Gasteiger partial charge in [-0.15, -0.1) is 0 Å². The van der Waals surface area contributed by atoms with Crippen LogP contribution in [0.15, 0.2) is 70.3 Å². The highest BCUT2D eigenvalue weighted by Gasteiger charge is 2.28. The van der Waals surface area contributed by atoms with Gasteiger partial charge in [-0.3, -0.25) is 25.0 Å². The number of nitrogens with zero attached hydrogens (tertiary/aromatic N) is 3. The van der Waals surface area contributed by atoms with Crippen molar-refractivity contribution in [2.45, 2.75) is 45.3 Å². The number of benzene rings is 2. The van der Waals surface area contributed by atoms with Crippen LogP contribution in [0.3, 0.4) is 0 Å². The van der Waals surface area contributed by atoms with Gasteiger partial charge in [-0.05, 0) is 87.2 Å². The highest BCUT2D eigenvalue weighted by atomic mass is 35.5. The largest absolute Gasteiger partial charge is 0.444 e. The van der Waals surface area contributed by atoms with Crippen LogP contribution in [0.25, 0.3) is 22.3 Å². The van der Waals surface area contributed by atoms with Crippen LogP contribution >= 0.6 is 11.6 Å². The lowest BCUT2D eigenvalue weighted by Gasteiger charge is -2.21. The average molecular weight is 576 g/mol. The van der Waals surface area contributed by atoms with Crippen molar-refractivity contribution in [1.29, 1.82) is 0 Å². The van der Waals surface area contributed by atoms with Crippen LogP contribution in [0.5, 0.6) is 0 Å². The van der Waals surface area contributed by atoms with Crippen LogP contribution in [0.2, 0.25) is 5.02 Å². The molecule has 12 heteroatoms. The van der Waals surface area contributed by atoms with E-state index >= 15 is 0 Å². The maximum absolute atomic E-state index is 13.5. The van der Waals surface area contributed by atoms with Crippen molar-refractivity contribution in [3.05, 3.63) is 108 Å². The number of aryl methyl sites for hydroxylation is 1. The van der Waals surface area contributed by atoms with Gasteiger partial charge in [-0.25, -0.2) is 9.89 Å². The molecule has 1 atom stereocenters. The number of amides is 1. The van der Waals surface area contributed by atoms with E-state index in [1.807, 2.05) is 6.07 Å². The number of pyridine rings is 1. The van der Waals surface area contributed by atoms with Crippen molar-refractivity contribution in [2.24, 2.45) is 0 Å². The number of H-pyrrole nitrogens is 1. The molecule has 0 bridgehead atoms. The first-order valence-electron chi connectivity index (χ1n) is 12.8. The van der Waals surface area contributed by atoms with Gasteiger partial charge < -0.3 is 9.30 Å². The summed E-state index contributed by atoms with van der Waals surface area (Å²) in [6.45, 7) is 5.29. The lowest BCUT2D eigenvalue weighted by Crippen LogP contribution is -2.27. The summed E-state index contributed by atoms with van der Waals surface area (Å²) < 4.78 is 7.01. The molecule has 0 saturated carbocycles. The molecule has 11 nitrogen and oxygen atoms in total. The SMILES string of the molecule is CC(C)(C)OC(=O)Nc1ccc(Cl)cc1-c1cc2n(c(=O)c1)C(c1cc(-c3ccc([N+](=O)[O-])cc3)c(=O)[nH]n1)CC2. The number of hydrogen-bond acceptors (Lipinski definition) is 7. The third-order valence-electron chi connectivity index (χ3n) is 6.62. The van der Waals surface area contributed by atoms with E-state index in [0.29, 0.717) is 51.5 Å². The van der Waals surface area contributed by atoms with E-state index in [1.54, 1.807) is 49.6 Å². The Bertz CT molecular complexity index is 1790. The number of aromatic amines is 1. The van der Waals surface area contributed by atoms with E-state index in [-0.39, 0.29) is 11.2 Å². The summed E-state index contributed by atoms with van der Waals surface area (Å²) in [5.74, 6) is 0. The Morgan fingerprint density at radius 1 is 1.07 bits per heavy atom. The molecule has 0 fully saturated rings. The zero-order chi connectivity index (χ0) is 29.5.